The molecule has 0 aliphatic carbocycles. The first-order chi connectivity index (χ1) is 18.0. The number of carboxylic acid groups (broad SMARTS) is 1. The summed E-state index contributed by atoms with van der Waals surface area (Å²) in [5.41, 5.74) is 4.18. The normalized spacial score (nSPS) is 24.3. The van der Waals surface area contributed by atoms with Gasteiger partial charge in [0.1, 0.15) is 5.75 Å². The van der Waals surface area contributed by atoms with Crippen LogP contribution in [0.5, 0.6) is 5.75 Å². The molecule has 6 nitrogen and oxygen atoms in total. The minimum atomic E-state index is -1.06. The number of hydrogen-bond acceptors (Lipinski definition) is 5. The summed E-state index contributed by atoms with van der Waals surface area (Å²) in [6.45, 7) is 2.46. The fraction of sp³-hybridized carbons (Fsp3) is 0.367. The summed E-state index contributed by atoms with van der Waals surface area (Å²) >= 11 is 0. The number of fused-ring (bicyclic) bond motifs is 3. The summed E-state index contributed by atoms with van der Waals surface area (Å²) < 4.78 is 17.4. The standard InChI is InChI=1S/C30H34N2O4S/c1-36-26-13-12-25(37(2)35)18-23(26)19-31-24-10-8-21(9-11-24)27(20-6-4-3-5-7-20)29-28(30(33)34)22-14-16-32(29)17-15-22/h3-13,18,22,27-29,31H,14-17,19H2,1-2H3,(H,33,34). The van der Waals surface area contributed by atoms with Crippen LogP contribution in [-0.2, 0) is 22.1 Å². The van der Waals surface area contributed by atoms with Gasteiger partial charge in [-0.2, -0.15) is 0 Å². The highest BCUT2D eigenvalue weighted by atomic mass is 32.2. The van der Waals surface area contributed by atoms with E-state index in [0.717, 1.165) is 59.0 Å². The molecule has 0 spiro atoms. The average Bonchev–Trinajstić information content (AvgIpc) is 2.93. The number of carboxylic acids is 1. The van der Waals surface area contributed by atoms with Crippen LogP contribution in [0.15, 0.2) is 77.7 Å². The molecule has 3 aromatic carbocycles. The Morgan fingerprint density at radius 3 is 2.35 bits per heavy atom. The highest BCUT2D eigenvalue weighted by Gasteiger charge is 2.49. The Morgan fingerprint density at radius 1 is 1.05 bits per heavy atom. The van der Waals surface area contributed by atoms with Gasteiger partial charge in [-0.3, -0.25) is 13.9 Å². The van der Waals surface area contributed by atoms with E-state index in [9.17, 15) is 14.1 Å². The zero-order valence-corrected chi connectivity index (χ0v) is 22.1. The predicted molar refractivity (Wildman–Crippen MR) is 147 cm³/mol. The minimum Gasteiger partial charge on any atom is -0.496 e. The summed E-state index contributed by atoms with van der Waals surface area (Å²) in [6.07, 6.45) is 3.60. The summed E-state index contributed by atoms with van der Waals surface area (Å²) in [5, 5.41) is 13.7. The largest absolute Gasteiger partial charge is 0.496 e. The number of methoxy groups -OCH3 is 1. The van der Waals surface area contributed by atoms with Crippen molar-refractivity contribution in [3.05, 3.63) is 89.5 Å². The highest BCUT2D eigenvalue weighted by molar-refractivity contribution is 7.84. The average molecular weight is 519 g/mol. The molecular weight excluding hydrogens is 484 g/mol. The molecule has 3 aromatic rings. The van der Waals surface area contributed by atoms with Crippen molar-refractivity contribution < 1.29 is 18.8 Å². The van der Waals surface area contributed by atoms with Crippen molar-refractivity contribution in [2.45, 2.75) is 36.2 Å². The van der Waals surface area contributed by atoms with Gasteiger partial charge in [0, 0.05) is 51.7 Å². The molecule has 6 rings (SSSR count). The lowest BCUT2D eigenvalue weighted by Crippen LogP contribution is -2.59. The topological polar surface area (TPSA) is 78.9 Å². The number of ether oxygens (including phenoxy) is 1. The van der Waals surface area contributed by atoms with Gasteiger partial charge in [-0.1, -0.05) is 42.5 Å². The number of anilines is 1. The Morgan fingerprint density at radius 2 is 1.73 bits per heavy atom. The Balaban J connectivity index is 1.42. The molecule has 0 amide bonds. The maximum atomic E-state index is 12.4. The molecule has 3 aliphatic rings. The molecule has 37 heavy (non-hydrogen) atoms. The van der Waals surface area contributed by atoms with Crippen molar-refractivity contribution >= 4 is 22.5 Å². The van der Waals surface area contributed by atoms with Gasteiger partial charge >= 0.3 is 5.97 Å². The summed E-state index contributed by atoms with van der Waals surface area (Å²) in [7, 11) is 0.574. The van der Waals surface area contributed by atoms with Crippen LogP contribution in [0.25, 0.3) is 0 Å². The molecular formula is C30H34N2O4S. The van der Waals surface area contributed by atoms with Gasteiger partial charge in [0.05, 0.1) is 13.0 Å². The molecule has 3 saturated heterocycles. The molecule has 2 N–H and O–H groups in total. The molecule has 2 bridgehead atoms. The number of nitrogens with one attached hydrogen (secondary N) is 1. The maximum absolute atomic E-state index is 12.4. The number of benzene rings is 3. The molecule has 3 fully saturated rings. The highest BCUT2D eigenvalue weighted by Crippen LogP contribution is 2.45. The van der Waals surface area contributed by atoms with Crippen molar-refractivity contribution in [1.82, 2.24) is 4.90 Å². The monoisotopic (exact) mass is 518 g/mol. The number of rotatable bonds is 9. The Bertz CT molecular complexity index is 1260. The van der Waals surface area contributed by atoms with E-state index in [2.05, 4.69) is 46.6 Å². The fourth-order valence-corrected chi connectivity index (χ4v) is 6.74. The van der Waals surface area contributed by atoms with Crippen LogP contribution in [0.4, 0.5) is 5.69 Å². The Labute approximate surface area is 221 Å². The van der Waals surface area contributed by atoms with E-state index in [1.165, 1.54) is 0 Å². The van der Waals surface area contributed by atoms with E-state index in [-0.39, 0.29) is 23.8 Å². The van der Waals surface area contributed by atoms with Crippen molar-refractivity contribution in [1.29, 1.82) is 0 Å². The van der Waals surface area contributed by atoms with Crippen LogP contribution in [0.2, 0.25) is 0 Å². The van der Waals surface area contributed by atoms with Gasteiger partial charge in [-0.05, 0) is 73.3 Å². The van der Waals surface area contributed by atoms with Crippen LogP contribution in [0.1, 0.15) is 35.4 Å². The van der Waals surface area contributed by atoms with Gasteiger partial charge in [0.2, 0.25) is 0 Å². The van der Waals surface area contributed by atoms with Crippen LogP contribution >= 0.6 is 0 Å². The molecule has 0 aromatic heterocycles. The summed E-state index contributed by atoms with van der Waals surface area (Å²) in [6, 6.07) is 24.2. The molecule has 3 aliphatic heterocycles. The Hall–Kier alpha value is -3.16. The number of nitrogens with zero attached hydrogens (tertiary/aromatic N) is 1. The van der Waals surface area contributed by atoms with Crippen LogP contribution in [0, 0.1) is 11.8 Å². The van der Waals surface area contributed by atoms with Crippen molar-refractivity contribution in [3.63, 3.8) is 0 Å². The predicted octanol–water partition coefficient (Wildman–Crippen LogP) is 4.97. The van der Waals surface area contributed by atoms with Crippen LogP contribution in [-0.4, -0.2) is 52.7 Å². The van der Waals surface area contributed by atoms with E-state index in [1.807, 2.05) is 36.4 Å². The second kappa shape index (κ2) is 11.1. The molecule has 0 radical (unpaired) electrons. The lowest BCUT2D eigenvalue weighted by atomic mass is 9.67. The smallest absolute Gasteiger partial charge is 0.308 e. The second-order valence-corrected chi connectivity index (χ2v) is 11.4. The molecule has 194 valence electrons. The minimum absolute atomic E-state index is 0.0178. The number of hydrogen-bond donors (Lipinski definition) is 2. The second-order valence-electron chi connectivity index (χ2n) is 10.0. The molecule has 7 heteroatoms. The van der Waals surface area contributed by atoms with Crippen LogP contribution < -0.4 is 10.1 Å². The van der Waals surface area contributed by atoms with Crippen molar-refractivity contribution in [3.8, 4) is 5.75 Å². The van der Waals surface area contributed by atoms with E-state index >= 15 is 0 Å². The molecule has 0 saturated carbocycles. The third-order valence-corrected chi connectivity index (χ3v) is 8.91. The number of carbonyl (C=O) groups is 1. The van der Waals surface area contributed by atoms with Crippen molar-refractivity contribution in [2.75, 3.05) is 31.8 Å². The quantitative estimate of drug-likeness (QED) is 0.416. The summed E-state index contributed by atoms with van der Waals surface area (Å²) in [5.74, 6) is -0.0700. The Kier molecular flexibility index (Phi) is 7.63. The zero-order valence-electron chi connectivity index (χ0n) is 21.3. The number of aliphatic carboxylic acids is 1. The van der Waals surface area contributed by atoms with Crippen LogP contribution in [0.3, 0.4) is 0 Å². The molecule has 4 unspecified atom stereocenters. The summed E-state index contributed by atoms with van der Waals surface area (Å²) in [4.78, 5) is 15.6. The van der Waals surface area contributed by atoms with Gasteiger partial charge in [0.25, 0.3) is 0 Å². The zero-order chi connectivity index (χ0) is 25.9. The van der Waals surface area contributed by atoms with Gasteiger partial charge < -0.3 is 15.2 Å². The fourth-order valence-electron chi connectivity index (χ4n) is 6.17. The van der Waals surface area contributed by atoms with Gasteiger partial charge in [-0.25, -0.2) is 0 Å². The molecule has 4 atom stereocenters. The first-order valence-electron chi connectivity index (χ1n) is 12.8. The third kappa shape index (κ3) is 5.29. The van der Waals surface area contributed by atoms with E-state index < -0.39 is 16.8 Å². The van der Waals surface area contributed by atoms with E-state index in [0.29, 0.717) is 6.54 Å². The van der Waals surface area contributed by atoms with E-state index in [4.69, 9.17) is 4.74 Å². The van der Waals surface area contributed by atoms with Gasteiger partial charge in [-0.15, -0.1) is 0 Å². The van der Waals surface area contributed by atoms with Crippen molar-refractivity contribution in [2.24, 2.45) is 11.8 Å². The third-order valence-electron chi connectivity index (χ3n) is 7.99. The maximum Gasteiger partial charge on any atom is 0.308 e. The lowest BCUT2D eigenvalue weighted by Gasteiger charge is -2.52. The van der Waals surface area contributed by atoms with E-state index in [1.54, 1.807) is 13.4 Å². The van der Waals surface area contributed by atoms with Gasteiger partial charge in [0.15, 0.2) is 0 Å². The first kappa shape index (κ1) is 25.5. The lowest BCUT2D eigenvalue weighted by molar-refractivity contribution is -0.153. The SMILES string of the molecule is COc1ccc(S(C)=O)cc1CNc1ccc(C(c2ccccc2)C2C(C(=O)O)C3CCN2CC3)cc1. The molecule has 3 heterocycles. The first-order valence-corrected chi connectivity index (χ1v) is 14.4. The number of piperidine rings is 3.